The molecule has 1 atom stereocenters. The number of aryl methyl sites for hydroxylation is 1. The molecule has 0 saturated heterocycles. The Balaban J connectivity index is 1.81. The van der Waals surface area contributed by atoms with Crippen LogP contribution in [0.3, 0.4) is 0 Å². The number of nitrogens with one attached hydrogen (secondary N) is 2. The number of sulfonamides is 2. The topological polar surface area (TPSA) is 113 Å². The number of rotatable bonds is 8. The maximum Gasteiger partial charge on any atom is 0.261 e. The molecule has 0 aliphatic rings. The summed E-state index contributed by atoms with van der Waals surface area (Å²) in [4.78, 5) is 12.9. The Morgan fingerprint density at radius 1 is 0.944 bits per heavy atom. The number of carbonyl (C=O) groups is 1. The maximum atomic E-state index is 13.0. The molecule has 0 aliphatic carbocycles. The van der Waals surface area contributed by atoms with Crippen molar-refractivity contribution in [3.63, 3.8) is 0 Å². The second-order valence-electron chi connectivity index (χ2n) is 8.20. The van der Waals surface area contributed by atoms with Gasteiger partial charge < -0.3 is 5.32 Å². The van der Waals surface area contributed by atoms with Gasteiger partial charge >= 0.3 is 0 Å². The van der Waals surface area contributed by atoms with Gasteiger partial charge in [-0.25, -0.2) is 16.8 Å². The van der Waals surface area contributed by atoms with Crippen LogP contribution in [0.2, 0.25) is 10.0 Å². The van der Waals surface area contributed by atoms with Gasteiger partial charge in [-0.3, -0.25) is 13.8 Å². The predicted molar refractivity (Wildman–Crippen MR) is 145 cm³/mol. The van der Waals surface area contributed by atoms with E-state index in [-0.39, 0.29) is 10.6 Å². The highest BCUT2D eigenvalue weighted by atomic mass is 35.5. The second-order valence-corrected chi connectivity index (χ2v) is 12.6. The Labute approximate surface area is 221 Å². The summed E-state index contributed by atoms with van der Waals surface area (Å²) < 4.78 is 54.2. The standard InChI is InChI=1S/C24H25Cl2N3O5S2/c1-15-8-9-18(25)14-23(15)29(35(4,31)32)17(3)24(30)27-19-10-12-20(13-11-19)36(33,34)28-22-7-5-6-21(26)16(22)2/h5-14,17,28H,1-4H3,(H,27,30)/t17-/m0/s1. The molecule has 0 fully saturated rings. The zero-order chi connectivity index (χ0) is 26.8. The van der Waals surface area contributed by atoms with Crippen molar-refractivity contribution in [2.45, 2.75) is 31.7 Å². The molecule has 0 saturated carbocycles. The van der Waals surface area contributed by atoms with E-state index in [4.69, 9.17) is 23.2 Å². The van der Waals surface area contributed by atoms with Gasteiger partial charge in [0.25, 0.3) is 10.0 Å². The molecular formula is C24H25Cl2N3O5S2. The fourth-order valence-electron chi connectivity index (χ4n) is 3.49. The summed E-state index contributed by atoms with van der Waals surface area (Å²) in [7, 11) is -7.75. The van der Waals surface area contributed by atoms with Gasteiger partial charge in [0, 0.05) is 15.7 Å². The SMILES string of the molecule is Cc1ccc(Cl)cc1N([C@@H](C)C(=O)Nc1ccc(S(=O)(=O)Nc2cccc(Cl)c2C)cc1)S(C)(=O)=O. The highest BCUT2D eigenvalue weighted by Crippen LogP contribution is 2.29. The normalized spacial score (nSPS) is 12.6. The van der Waals surface area contributed by atoms with E-state index in [0.717, 1.165) is 10.6 Å². The summed E-state index contributed by atoms with van der Waals surface area (Å²) >= 11 is 12.1. The molecular weight excluding hydrogens is 545 g/mol. The molecule has 3 aromatic rings. The minimum atomic E-state index is -3.91. The van der Waals surface area contributed by atoms with Gasteiger partial charge in [-0.1, -0.05) is 35.3 Å². The Bertz CT molecular complexity index is 1510. The van der Waals surface area contributed by atoms with Gasteiger partial charge in [-0.15, -0.1) is 0 Å². The first-order chi connectivity index (χ1) is 16.7. The lowest BCUT2D eigenvalue weighted by Gasteiger charge is -2.29. The van der Waals surface area contributed by atoms with E-state index in [0.29, 0.717) is 32.5 Å². The van der Waals surface area contributed by atoms with Crippen LogP contribution in [0, 0.1) is 13.8 Å². The highest BCUT2D eigenvalue weighted by Gasteiger charge is 2.30. The third-order valence-corrected chi connectivity index (χ3v) is 8.69. The third-order valence-electron chi connectivity index (χ3n) is 5.44. The van der Waals surface area contributed by atoms with E-state index in [1.54, 1.807) is 44.2 Å². The van der Waals surface area contributed by atoms with E-state index >= 15 is 0 Å². The Kier molecular flexibility index (Phi) is 8.24. The highest BCUT2D eigenvalue weighted by molar-refractivity contribution is 7.92. The van der Waals surface area contributed by atoms with Crippen molar-refractivity contribution in [2.24, 2.45) is 0 Å². The van der Waals surface area contributed by atoms with Crippen LogP contribution in [-0.4, -0.2) is 35.0 Å². The maximum absolute atomic E-state index is 13.0. The first kappa shape index (κ1) is 27.8. The van der Waals surface area contributed by atoms with Crippen LogP contribution < -0.4 is 14.3 Å². The molecule has 12 heteroatoms. The van der Waals surface area contributed by atoms with E-state index in [1.807, 2.05) is 0 Å². The van der Waals surface area contributed by atoms with Crippen LogP contribution in [0.1, 0.15) is 18.1 Å². The van der Waals surface area contributed by atoms with Crippen LogP contribution in [0.5, 0.6) is 0 Å². The van der Waals surface area contributed by atoms with Crippen LogP contribution in [0.25, 0.3) is 0 Å². The van der Waals surface area contributed by atoms with E-state index in [2.05, 4.69) is 10.0 Å². The molecule has 8 nitrogen and oxygen atoms in total. The summed E-state index contributed by atoms with van der Waals surface area (Å²) in [6.07, 6.45) is 1.01. The molecule has 3 rings (SSSR count). The first-order valence-electron chi connectivity index (χ1n) is 10.6. The summed E-state index contributed by atoms with van der Waals surface area (Å²) in [5.41, 5.74) is 2.15. The Morgan fingerprint density at radius 2 is 1.58 bits per heavy atom. The monoisotopic (exact) mass is 569 g/mol. The number of nitrogens with zero attached hydrogens (tertiary/aromatic N) is 1. The average Bonchev–Trinajstić information content (AvgIpc) is 2.78. The summed E-state index contributed by atoms with van der Waals surface area (Å²) in [6.45, 7) is 4.87. The lowest BCUT2D eigenvalue weighted by Crippen LogP contribution is -2.45. The molecule has 0 unspecified atom stereocenters. The van der Waals surface area contributed by atoms with Crippen molar-refractivity contribution in [2.75, 3.05) is 20.6 Å². The zero-order valence-electron chi connectivity index (χ0n) is 19.9. The van der Waals surface area contributed by atoms with Crippen LogP contribution >= 0.6 is 23.2 Å². The van der Waals surface area contributed by atoms with Crippen molar-refractivity contribution in [1.82, 2.24) is 0 Å². The van der Waals surface area contributed by atoms with E-state index in [1.165, 1.54) is 37.3 Å². The smallest absolute Gasteiger partial charge is 0.261 e. The zero-order valence-corrected chi connectivity index (χ0v) is 23.1. The minimum Gasteiger partial charge on any atom is -0.324 e. The van der Waals surface area contributed by atoms with Crippen LogP contribution in [0.15, 0.2) is 65.6 Å². The number of halogens is 2. The van der Waals surface area contributed by atoms with Crippen LogP contribution in [-0.2, 0) is 24.8 Å². The predicted octanol–water partition coefficient (Wildman–Crippen LogP) is 5.20. The molecule has 0 spiro atoms. The van der Waals surface area contributed by atoms with Gasteiger partial charge in [-0.05, 0) is 80.4 Å². The van der Waals surface area contributed by atoms with Crippen molar-refractivity contribution < 1.29 is 21.6 Å². The Hall–Kier alpha value is -2.79. The molecule has 0 aromatic heterocycles. The second kappa shape index (κ2) is 10.7. The number of benzene rings is 3. The molecule has 0 aliphatic heterocycles. The molecule has 192 valence electrons. The lowest BCUT2D eigenvalue weighted by molar-refractivity contribution is -0.116. The van der Waals surface area contributed by atoms with Gasteiger partial charge in [0.1, 0.15) is 6.04 Å². The van der Waals surface area contributed by atoms with Gasteiger partial charge in [0.05, 0.1) is 22.5 Å². The summed E-state index contributed by atoms with van der Waals surface area (Å²) in [5.74, 6) is -0.608. The lowest BCUT2D eigenvalue weighted by atomic mass is 10.1. The number of hydrogen-bond acceptors (Lipinski definition) is 5. The van der Waals surface area contributed by atoms with E-state index in [9.17, 15) is 21.6 Å². The van der Waals surface area contributed by atoms with Crippen LogP contribution in [0.4, 0.5) is 17.1 Å². The van der Waals surface area contributed by atoms with Crippen molar-refractivity contribution in [3.8, 4) is 0 Å². The van der Waals surface area contributed by atoms with Gasteiger partial charge in [0.2, 0.25) is 15.9 Å². The van der Waals surface area contributed by atoms with Gasteiger partial charge in [-0.2, -0.15) is 0 Å². The first-order valence-corrected chi connectivity index (χ1v) is 14.7. The molecule has 0 heterocycles. The minimum absolute atomic E-state index is 0.0276. The number of amides is 1. The molecule has 1 amide bonds. The largest absolute Gasteiger partial charge is 0.324 e. The van der Waals surface area contributed by atoms with E-state index < -0.39 is 32.0 Å². The molecule has 36 heavy (non-hydrogen) atoms. The fraction of sp³-hybridized carbons (Fsp3) is 0.208. The van der Waals surface area contributed by atoms with Crippen molar-refractivity contribution >= 4 is 66.2 Å². The van der Waals surface area contributed by atoms with Crippen molar-refractivity contribution in [1.29, 1.82) is 0 Å². The average molecular weight is 571 g/mol. The summed E-state index contributed by atoms with van der Waals surface area (Å²) in [5, 5.41) is 3.39. The molecule has 0 radical (unpaired) electrons. The summed E-state index contributed by atoms with van der Waals surface area (Å²) in [6, 6.07) is 14.0. The molecule has 3 aromatic carbocycles. The Morgan fingerprint density at radius 3 is 2.19 bits per heavy atom. The van der Waals surface area contributed by atoms with Gasteiger partial charge in [0.15, 0.2) is 0 Å². The quantitative estimate of drug-likeness (QED) is 0.387. The van der Waals surface area contributed by atoms with Crippen molar-refractivity contribution in [3.05, 3.63) is 81.8 Å². The third kappa shape index (κ3) is 6.31. The number of carbonyl (C=O) groups excluding carboxylic acids is 1. The number of hydrogen-bond donors (Lipinski definition) is 2. The molecule has 0 bridgehead atoms. The number of anilines is 3. The molecule has 2 N–H and O–H groups in total. The fourth-order valence-corrected chi connectivity index (χ4v) is 6.17.